The lowest BCUT2D eigenvalue weighted by atomic mass is 9.83. The van der Waals surface area contributed by atoms with E-state index in [1.165, 1.54) is 6.92 Å². The van der Waals surface area contributed by atoms with Crippen molar-refractivity contribution >= 4 is 23.6 Å². The third-order valence-electron chi connectivity index (χ3n) is 6.29. The maximum absolute atomic E-state index is 13.7. The Morgan fingerprint density at radius 1 is 0.857 bits per heavy atom. The van der Waals surface area contributed by atoms with Gasteiger partial charge in [0.2, 0.25) is 5.91 Å². The van der Waals surface area contributed by atoms with Gasteiger partial charge < -0.3 is 10.2 Å². The largest absolute Gasteiger partial charge is 0.342 e. The fourth-order valence-corrected chi connectivity index (χ4v) is 4.23. The Labute approximate surface area is 204 Å². The highest BCUT2D eigenvalue weighted by molar-refractivity contribution is 6.11. The predicted octanol–water partition coefficient (Wildman–Crippen LogP) is 3.54. The number of nitrogens with one attached hydrogen (secondary N) is 1. The molecule has 0 aliphatic carbocycles. The smallest absolute Gasteiger partial charge is 0.325 e. The molecule has 0 radical (unpaired) electrons. The molecule has 3 aromatic carbocycles. The highest BCUT2D eigenvalue weighted by Crippen LogP contribution is 2.33. The Hall–Kier alpha value is -4.26. The van der Waals surface area contributed by atoms with Crippen LogP contribution in [-0.2, 0) is 28.1 Å². The summed E-state index contributed by atoms with van der Waals surface area (Å²) in [5.74, 6) is -0.852. The molecular formula is C28H27N3O4. The van der Waals surface area contributed by atoms with Crippen LogP contribution in [0.3, 0.4) is 0 Å². The van der Waals surface area contributed by atoms with E-state index in [-0.39, 0.29) is 24.7 Å². The molecule has 4 rings (SSSR count). The highest BCUT2D eigenvalue weighted by Gasteiger charge is 2.52. The average Bonchev–Trinajstić information content (AvgIpc) is 3.10. The quantitative estimate of drug-likeness (QED) is 0.404. The summed E-state index contributed by atoms with van der Waals surface area (Å²) in [4.78, 5) is 53.7. The number of rotatable bonds is 8. The van der Waals surface area contributed by atoms with Gasteiger partial charge in [-0.3, -0.25) is 19.3 Å². The SMILES string of the molecule is CC(=O)N(C)Cc1ccc(C(=O)CN2C(=O)NC(Cc3ccccc3)(c3ccccc3)C2=O)cc1. The third kappa shape index (κ3) is 4.99. The molecule has 0 aromatic heterocycles. The molecule has 1 aliphatic heterocycles. The molecule has 1 fully saturated rings. The number of hydrogen-bond acceptors (Lipinski definition) is 4. The van der Waals surface area contributed by atoms with E-state index in [0.717, 1.165) is 16.0 Å². The van der Waals surface area contributed by atoms with Gasteiger partial charge in [0, 0.05) is 32.5 Å². The Morgan fingerprint density at radius 2 is 1.46 bits per heavy atom. The number of Topliss-reactive ketones (excluding diaryl/α,β-unsaturated/α-hetero) is 1. The summed E-state index contributed by atoms with van der Waals surface area (Å²) in [7, 11) is 1.70. The molecule has 7 heteroatoms. The van der Waals surface area contributed by atoms with Crippen molar-refractivity contribution in [3.8, 4) is 0 Å². The van der Waals surface area contributed by atoms with E-state index in [2.05, 4.69) is 5.32 Å². The molecule has 1 N–H and O–H groups in total. The molecule has 1 heterocycles. The highest BCUT2D eigenvalue weighted by atomic mass is 16.2. The van der Waals surface area contributed by atoms with Crippen molar-refractivity contribution in [1.82, 2.24) is 15.1 Å². The van der Waals surface area contributed by atoms with Gasteiger partial charge in [-0.05, 0) is 16.7 Å². The van der Waals surface area contributed by atoms with Crippen LogP contribution < -0.4 is 5.32 Å². The van der Waals surface area contributed by atoms with Crippen LogP contribution in [0.5, 0.6) is 0 Å². The molecule has 1 unspecified atom stereocenters. The minimum absolute atomic E-state index is 0.0545. The van der Waals surface area contributed by atoms with E-state index in [1.807, 2.05) is 60.7 Å². The first-order chi connectivity index (χ1) is 16.8. The minimum Gasteiger partial charge on any atom is -0.342 e. The number of ketones is 1. The number of urea groups is 1. The van der Waals surface area contributed by atoms with Crippen LogP contribution in [-0.4, -0.2) is 47.0 Å². The van der Waals surface area contributed by atoms with Gasteiger partial charge in [-0.25, -0.2) is 4.79 Å². The van der Waals surface area contributed by atoms with Gasteiger partial charge in [0.05, 0.1) is 6.54 Å². The fraction of sp³-hybridized carbons (Fsp3) is 0.214. The summed E-state index contributed by atoms with van der Waals surface area (Å²) >= 11 is 0. The molecule has 7 nitrogen and oxygen atoms in total. The van der Waals surface area contributed by atoms with Crippen LogP contribution in [0, 0.1) is 0 Å². The molecule has 0 bridgehead atoms. The topological polar surface area (TPSA) is 86.8 Å². The van der Waals surface area contributed by atoms with Gasteiger partial charge in [-0.2, -0.15) is 0 Å². The number of benzene rings is 3. The molecule has 0 spiro atoms. The maximum atomic E-state index is 13.7. The second-order valence-electron chi connectivity index (χ2n) is 8.75. The standard InChI is InChI=1S/C28H27N3O4/c1-20(32)30(2)18-22-13-15-23(16-14-22)25(33)19-31-26(34)28(29-27(31)35,24-11-7-4-8-12-24)17-21-9-5-3-6-10-21/h3-16H,17-19H2,1-2H3,(H,29,35). The first-order valence-corrected chi connectivity index (χ1v) is 11.4. The lowest BCUT2D eigenvalue weighted by Crippen LogP contribution is -2.46. The molecule has 178 valence electrons. The summed E-state index contributed by atoms with van der Waals surface area (Å²) < 4.78 is 0. The molecule has 0 saturated carbocycles. The molecule has 1 saturated heterocycles. The van der Waals surface area contributed by atoms with Crippen molar-refractivity contribution in [1.29, 1.82) is 0 Å². The Bertz CT molecular complexity index is 1240. The van der Waals surface area contributed by atoms with E-state index in [0.29, 0.717) is 17.7 Å². The van der Waals surface area contributed by atoms with Crippen LogP contribution in [0.1, 0.15) is 34.0 Å². The van der Waals surface area contributed by atoms with E-state index in [4.69, 9.17) is 0 Å². The minimum atomic E-state index is -1.29. The summed E-state index contributed by atoms with van der Waals surface area (Å²) in [6.07, 6.45) is 0.269. The van der Waals surface area contributed by atoms with E-state index < -0.39 is 17.5 Å². The molecule has 4 amide bonds. The molecule has 35 heavy (non-hydrogen) atoms. The molecule has 1 atom stereocenters. The van der Waals surface area contributed by atoms with Crippen LogP contribution >= 0.6 is 0 Å². The van der Waals surface area contributed by atoms with Crippen LogP contribution in [0.2, 0.25) is 0 Å². The monoisotopic (exact) mass is 469 g/mol. The number of hydrogen-bond donors (Lipinski definition) is 1. The van der Waals surface area contributed by atoms with Gasteiger partial charge in [-0.1, -0.05) is 84.9 Å². The first kappa shape index (κ1) is 23.9. The lowest BCUT2D eigenvalue weighted by molar-refractivity contribution is -0.131. The van der Waals surface area contributed by atoms with Crippen LogP contribution in [0.15, 0.2) is 84.9 Å². The zero-order valence-corrected chi connectivity index (χ0v) is 19.7. The molecule has 1 aliphatic rings. The lowest BCUT2D eigenvalue weighted by Gasteiger charge is -2.27. The van der Waals surface area contributed by atoms with Crippen LogP contribution in [0.25, 0.3) is 0 Å². The third-order valence-corrected chi connectivity index (χ3v) is 6.29. The summed E-state index contributed by atoms with van der Waals surface area (Å²) in [5.41, 5.74) is 1.53. The number of imide groups is 1. The van der Waals surface area contributed by atoms with Crippen molar-refractivity contribution in [2.24, 2.45) is 0 Å². The van der Waals surface area contributed by atoms with Gasteiger partial charge in [-0.15, -0.1) is 0 Å². The van der Waals surface area contributed by atoms with Crippen molar-refractivity contribution < 1.29 is 19.2 Å². The van der Waals surface area contributed by atoms with E-state index >= 15 is 0 Å². The Balaban J connectivity index is 1.56. The second-order valence-corrected chi connectivity index (χ2v) is 8.75. The zero-order chi connectivity index (χ0) is 25.0. The summed E-state index contributed by atoms with van der Waals surface area (Å²) in [5, 5.41) is 2.88. The number of nitrogens with zero attached hydrogens (tertiary/aromatic N) is 2. The predicted molar refractivity (Wildman–Crippen MR) is 131 cm³/mol. The van der Waals surface area contributed by atoms with Crippen molar-refractivity contribution in [3.05, 3.63) is 107 Å². The first-order valence-electron chi connectivity index (χ1n) is 11.4. The van der Waals surface area contributed by atoms with Crippen molar-refractivity contribution in [2.45, 2.75) is 25.4 Å². The van der Waals surface area contributed by atoms with Gasteiger partial charge in [0.1, 0.15) is 0 Å². The summed E-state index contributed by atoms with van der Waals surface area (Å²) in [6.45, 7) is 1.56. The number of carbonyl (C=O) groups is 4. The number of carbonyl (C=O) groups excluding carboxylic acids is 4. The average molecular weight is 470 g/mol. The summed E-state index contributed by atoms with van der Waals surface area (Å²) in [6, 6.07) is 24.8. The fourth-order valence-electron chi connectivity index (χ4n) is 4.23. The normalized spacial score (nSPS) is 17.3. The number of amides is 4. The van der Waals surface area contributed by atoms with Gasteiger partial charge in [0.15, 0.2) is 11.3 Å². The van der Waals surface area contributed by atoms with Crippen molar-refractivity contribution in [2.75, 3.05) is 13.6 Å². The Kier molecular flexibility index (Phi) is 6.78. The van der Waals surface area contributed by atoms with Gasteiger partial charge >= 0.3 is 6.03 Å². The van der Waals surface area contributed by atoms with Crippen LogP contribution in [0.4, 0.5) is 4.79 Å². The second kappa shape index (κ2) is 9.93. The molecular weight excluding hydrogens is 442 g/mol. The maximum Gasteiger partial charge on any atom is 0.325 e. The van der Waals surface area contributed by atoms with Gasteiger partial charge in [0.25, 0.3) is 5.91 Å². The zero-order valence-electron chi connectivity index (χ0n) is 19.7. The molecule has 3 aromatic rings. The van der Waals surface area contributed by atoms with E-state index in [1.54, 1.807) is 36.2 Å². The van der Waals surface area contributed by atoms with E-state index in [9.17, 15) is 19.2 Å². The van der Waals surface area contributed by atoms with Crippen molar-refractivity contribution in [3.63, 3.8) is 0 Å². The Morgan fingerprint density at radius 3 is 2.06 bits per heavy atom.